The van der Waals surface area contributed by atoms with Crippen molar-refractivity contribution in [3.8, 4) is 0 Å². The third kappa shape index (κ3) is 2.95. The first-order chi connectivity index (χ1) is 9.65. The maximum atomic E-state index is 12.3. The summed E-state index contributed by atoms with van der Waals surface area (Å²) in [5, 5.41) is 1.95. The highest BCUT2D eigenvalue weighted by atomic mass is 32.2. The summed E-state index contributed by atoms with van der Waals surface area (Å²) < 4.78 is 27.3. The van der Waals surface area contributed by atoms with E-state index in [0.29, 0.717) is 11.4 Å². The molecule has 20 heavy (non-hydrogen) atoms. The second kappa shape index (κ2) is 5.68. The molecule has 5 heteroatoms. The van der Waals surface area contributed by atoms with Crippen molar-refractivity contribution in [2.75, 3.05) is 0 Å². The van der Waals surface area contributed by atoms with Gasteiger partial charge in [0.15, 0.2) is 0 Å². The molecular formula is C15H17NO2S2. The van der Waals surface area contributed by atoms with Gasteiger partial charge in [-0.3, -0.25) is 0 Å². The number of hydrogen-bond acceptors (Lipinski definition) is 3. The van der Waals surface area contributed by atoms with E-state index in [-0.39, 0.29) is 0 Å². The number of fused-ring (bicyclic) bond motifs is 1. The van der Waals surface area contributed by atoms with Crippen molar-refractivity contribution in [3.63, 3.8) is 0 Å². The Hall–Kier alpha value is -1.17. The molecule has 106 valence electrons. The van der Waals surface area contributed by atoms with Gasteiger partial charge in [-0.1, -0.05) is 12.1 Å². The van der Waals surface area contributed by atoms with E-state index in [4.69, 9.17) is 0 Å². The van der Waals surface area contributed by atoms with Crippen LogP contribution in [-0.2, 0) is 29.4 Å². The van der Waals surface area contributed by atoms with Crippen LogP contribution < -0.4 is 4.72 Å². The van der Waals surface area contributed by atoms with Crippen LogP contribution >= 0.6 is 11.3 Å². The smallest absolute Gasteiger partial charge is 0.207 e. The lowest BCUT2D eigenvalue weighted by molar-refractivity contribution is 0.581. The molecule has 0 radical (unpaired) electrons. The lowest BCUT2D eigenvalue weighted by Crippen LogP contribution is -2.23. The molecule has 1 aromatic heterocycles. The predicted octanol–water partition coefficient (Wildman–Crippen LogP) is 3.11. The van der Waals surface area contributed by atoms with Crippen molar-refractivity contribution < 1.29 is 8.42 Å². The third-order valence-corrected chi connectivity index (χ3v) is 5.92. The Balaban J connectivity index is 1.80. The predicted molar refractivity (Wildman–Crippen MR) is 81.4 cm³/mol. The second-order valence-corrected chi connectivity index (χ2v) is 7.84. The Bertz CT molecular complexity index is 691. The topological polar surface area (TPSA) is 46.2 Å². The van der Waals surface area contributed by atoms with Crippen molar-refractivity contribution in [1.29, 1.82) is 0 Å². The van der Waals surface area contributed by atoms with Crippen LogP contribution in [0.15, 0.2) is 40.6 Å². The van der Waals surface area contributed by atoms with E-state index in [1.165, 1.54) is 17.5 Å². The first-order valence-electron chi connectivity index (χ1n) is 6.79. The summed E-state index contributed by atoms with van der Waals surface area (Å²) in [5.41, 5.74) is 2.49. The van der Waals surface area contributed by atoms with Crippen molar-refractivity contribution in [1.82, 2.24) is 4.72 Å². The number of nitrogens with one attached hydrogen (secondary N) is 1. The highest BCUT2D eigenvalue weighted by molar-refractivity contribution is 7.89. The van der Waals surface area contributed by atoms with Crippen LogP contribution in [0, 0.1) is 0 Å². The molecule has 0 saturated carbocycles. The second-order valence-electron chi connectivity index (χ2n) is 5.04. The number of thiophene rings is 1. The summed E-state index contributed by atoms with van der Waals surface area (Å²) in [6.45, 7) is 0.358. The molecule has 1 aliphatic carbocycles. The Morgan fingerprint density at radius 2 is 1.90 bits per heavy atom. The van der Waals surface area contributed by atoms with E-state index in [2.05, 4.69) is 4.72 Å². The monoisotopic (exact) mass is 307 g/mol. The molecule has 1 aromatic carbocycles. The molecule has 1 aliphatic rings. The zero-order chi connectivity index (χ0) is 14.0. The van der Waals surface area contributed by atoms with Gasteiger partial charge in [-0.05, 0) is 60.4 Å². The summed E-state index contributed by atoms with van der Waals surface area (Å²) in [6, 6.07) is 9.38. The molecule has 0 amide bonds. The highest BCUT2D eigenvalue weighted by Crippen LogP contribution is 2.24. The lowest BCUT2D eigenvalue weighted by atomic mass is 9.92. The maximum absolute atomic E-state index is 12.3. The van der Waals surface area contributed by atoms with Crippen LogP contribution in [0.1, 0.15) is 28.8 Å². The van der Waals surface area contributed by atoms with E-state index in [1.54, 1.807) is 17.4 Å². The quantitative estimate of drug-likeness (QED) is 0.943. The molecule has 0 bridgehead atoms. The molecule has 3 rings (SSSR count). The molecule has 2 aromatic rings. The normalized spacial score (nSPS) is 15.0. The average Bonchev–Trinajstić information content (AvgIpc) is 2.98. The van der Waals surface area contributed by atoms with Crippen LogP contribution in [-0.4, -0.2) is 8.42 Å². The van der Waals surface area contributed by atoms with Crippen LogP contribution in [0.3, 0.4) is 0 Å². The minimum atomic E-state index is -3.41. The summed E-state index contributed by atoms with van der Waals surface area (Å²) in [6.07, 6.45) is 4.41. The minimum Gasteiger partial charge on any atom is -0.207 e. The summed E-state index contributed by atoms with van der Waals surface area (Å²) >= 11 is 1.55. The fourth-order valence-electron chi connectivity index (χ4n) is 2.54. The summed E-state index contributed by atoms with van der Waals surface area (Å²) in [7, 11) is -3.41. The van der Waals surface area contributed by atoms with Crippen molar-refractivity contribution in [2.24, 2.45) is 0 Å². The molecule has 1 N–H and O–H groups in total. The first kappa shape index (κ1) is 13.8. The number of aryl methyl sites for hydroxylation is 2. The van der Waals surface area contributed by atoms with E-state index in [1.807, 2.05) is 29.6 Å². The SMILES string of the molecule is O=S(=O)(NCc1cccs1)c1ccc2c(c1)CCCC2. The maximum Gasteiger partial charge on any atom is 0.240 e. The number of benzene rings is 1. The van der Waals surface area contributed by atoms with Gasteiger partial charge >= 0.3 is 0 Å². The first-order valence-corrected chi connectivity index (χ1v) is 9.15. The van der Waals surface area contributed by atoms with Gasteiger partial charge in [0.2, 0.25) is 10.0 Å². The molecule has 3 nitrogen and oxygen atoms in total. The van der Waals surface area contributed by atoms with Gasteiger partial charge in [0, 0.05) is 11.4 Å². The van der Waals surface area contributed by atoms with E-state index < -0.39 is 10.0 Å². The number of hydrogen-bond donors (Lipinski definition) is 1. The van der Waals surface area contributed by atoms with Crippen LogP contribution in [0.5, 0.6) is 0 Å². The standard InChI is InChI=1S/C15H17NO2S2/c17-20(18,16-11-14-6-3-9-19-14)15-8-7-12-4-1-2-5-13(12)10-15/h3,6-10,16H,1-2,4-5,11H2. The molecular weight excluding hydrogens is 290 g/mol. The van der Waals surface area contributed by atoms with Gasteiger partial charge in [0.05, 0.1) is 4.90 Å². The highest BCUT2D eigenvalue weighted by Gasteiger charge is 2.17. The van der Waals surface area contributed by atoms with Gasteiger partial charge in [-0.25, -0.2) is 13.1 Å². The van der Waals surface area contributed by atoms with E-state index in [0.717, 1.165) is 24.1 Å². The summed E-state index contributed by atoms with van der Waals surface area (Å²) in [5.74, 6) is 0. The fourth-order valence-corrected chi connectivity index (χ4v) is 4.33. The van der Waals surface area contributed by atoms with Crippen molar-refractivity contribution in [2.45, 2.75) is 37.1 Å². The molecule has 0 atom stereocenters. The van der Waals surface area contributed by atoms with Gasteiger partial charge in [-0.2, -0.15) is 0 Å². The van der Waals surface area contributed by atoms with Crippen LogP contribution in [0.4, 0.5) is 0 Å². The average molecular weight is 307 g/mol. The lowest BCUT2D eigenvalue weighted by Gasteiger charge is -2.16. The van der Waals surface area contributed by atoms with Gasteiger partial charge < -0.3 is 0 Å². The molecule has 0 unspecified atom stereocenters. The van der Waals surface area contributed by atoms with E-state index >= 15 is 0 Å². The molecule has 0 saturated heterocycles. The molecule has 0 fully saturated rings. The molecule has 1 heterocycles. The summed E-state index contributed by atoms with van der Waals surface area (Å²) in [4.78, 5) is 1.40. The Morgan fingerprint density at radius 3 is 2.65 bits per heavy atom. The zero-order valence-corrected chi connectivity index (χ0v) is 12.8. The largest absolute Gasteiger partial charge is 0.240 e. The van der Waals surface area contributed by atoms with Crippen LogP contribution in [0.2, 0.25) is 0 Å². The van der Waals surface area contributed by atoms with E-state index in [9.17, 15) is 8.42 Å². The van der Waals surface area contributed by atoms with Crippen LogP contribution in [0.25, 0.3) is 0 Å². The van der Waals surface area contributed by atoms with Crippen molar-refractivity contribution in [3.05, 3.63) is 51.7 Å². The van der Waals surface area contributed by atoms with Gasteiger partial charge in [-0.15, -0.1) is 11.3 Å². The Kier molecular flexibility index (Phi) is 3.92. The Labute approximate surface area is 123 Å². The third-order valence-electron chi connectivity index (χ3n) is 3.65. The zero-order valence-electron chi connectivity index (χ0n) is 11.1. The van der Waals surface area contributed by atoms with Gasteiger partial charge in [0.25, 0.3) is 0 Å². The fraction of sp³-hybridized carbons (Fsp3) is 0.333. The van der Waals surface area contributed by atoms with Gasteiger partial charge in [0.1, 0.15) is 0 Å². The van der Waals surface area contributed by atoms with Crippen molar-refractivity contribution >= 4 is 21.4 Å². The molecule has 0 aliphatic heterocycles. The molecule has 0 spiro atoms. The minimum absolute atomic E-state index is 0.358. The Morgan fingerprint density at radius 1 is 1.10 bits per heavy atom. The number of rotatable bonds is 4. The number of sulfonamides is 1.